The van der Waals surface area contributed by atoms with Crippen molar-refractivity contribution in [3.63, 3.8) is 0 Å². The zero-order chi connectivity index (χ0) is 9.14. The van der Waals surface area contributed by atoms with Crippen molar-refractivity contribution in [1.29, 1.82) is 0 Å². The van der Waals surface area contributed by atoms with Gasteiger partial charge in [0.05, 0.1) is 0 Å². The van der Waals surface area contributed by atoms with Gasteiger partial charge in [-0.2, -0.15) is 0 Å². The molecule has 1 heteroatoms. The van der Waals surface area contributed by atoms with Gasteiger partial charge in [-0.25, -0.2) is 0 Å². The standard InChI is InChI=1S/C12H18.Al.3H/c1-9(2)11-6-5-7-12(8-11)10(3)4;;;;/h5-10H,1-4H3;;;;. The van der Waals surface area contributed by atoms with Crippen molar-refractivity contribution >= 4 is 17.4 Å². The summed E-state index contributed by atoms with van der Waals surface area (Å²) >= 11 is 0. The number of benzene rings is 1. The molecule has 0 fully saturated rings. The normalized spacial score (nSPS) is 10.3. The van der Waals surface area contributed by atoms with Gasteiger partial charge < -0.3 is 0 Å². The highest BCUT2D eigenvalue weighted by molar-refractivity contribution is 5.75. The Labute approximate surface area is 92.5 Å². The first kappa shape index (κ1) is 12.8. The highest BCUT2D eigenvalue weighted by atomic mass is 27.0. The van der Waals surface area contributed by atoms with Gasteiger partial charge in [-0.05, 0) is 23.0 Å². The molecular weight excluding hydrogens is 171 g/mol. The summed E-state index contributed by atoms with van der Waals surface area (Å²) in [7, 11) is 0. The van der Waals surface area contributed by atoms with Gasteiger partial charge in [0, 0.05) is 0 Å². The lowest BCUT2D eigenvalue weighted by Crippen LogP contribution is -1.91. The molecule has 0 spiro atoms. The summed E-state index contributed by atoms with van der Waals surface area (Å²) in [5.74, 6) is 1.28. The van der Waals surface area contributed by atoms with Crippen LogP contribution in [0, 0.1) is 0 Å². The summed E-state index contributed by atoms with van der Waals surface area (Å²) in [6, 6.07) is 8.88. The SMILES string of the molecule is CC(C)c1cccc(C(C)C)c1.[AlH3]. The van der Waals surface area contributed by atoms with Crippen molar-refractivity contribution in [3.05, 3.63) is 35.4 Å². The molecule has 0 heterocycles. The summed E-state index contributed by atoms with van der Waals surface area (Å²) in [5, 5.41) is 0. The Kier molecular flexibility index (Phi) is 5.37. The first-order valence-electron chi connectivity index (χ1n) is 4.71. The van der Waals surface area contributed by atoms with E-state index in [0.29, 0.717) is 11.8 Å². The third-order valence-corrected chi connectivity index (χ3v) is 2.24. The fourth-order valence-electron chi connectivity index (χ4n) is 1.28. The van der Waals surface area contributed by atoms with Gasteiger partial charge in [-0.1, -0.05) is 52.0 Å². The Morgan fingerprint density at radius 2 is 1.23 bits per heavy atom. The Balaban J connectivity index is 0.00000144. The molecule has 0 aromatic heterocycles. The Bertz CT molecular complexity index is 228. The quantitative estimate of drug-likeness (QED) is 0.632. The lowest BCUT2D eigenvalue weighted by molar-refractivity contribution is 0.834. The minimum atomic E-state index is 0. The zero-order valence-corrected chi connectivity index (χ0v) is 8.46. The molecule has 1 aromatic carbocycles. The zero-order valence-electron chi connectivity index (χ0n) is 8.46. The van der Waals surface area contributed by atoms with Gasteiger partial charge in [-0.3, -0.25) is 0 Å². The number of rotatable bonds is 2. The summed E-state index contributed by atoms with van der Waals surface area (Å²) < 4.78 is 0. The molecule has 0 unspecified atom stereocenters. The number of hydrogen-bond acceptors (Lipinski definition) is 0. The van der Waals surface area contributed by atoms with Crippen molar-refractivity contribution in [1.82, 2.24) is 0 Å². The fourth-order valence-corrected chi connectivity index (χ4v) is 1.28. The van der Waals surface area contributed by atoms with Crippen LogP contribution in [0.4, 0.5) is 0 Å². The van der Waals surface area contributed by atoms with Crippen LogP contribution in [0.25, 0.3) is 0 Å². The predicted octanol–water partition coefficient (Wildman–Crippen LogP) is 2.75. The minimum absolute atomic E-state index is 0. The second-order valence-electron chi connectivity index (χ2n) is 3.98. The molecule has 0 amide bonds. The molecule has 72 valence electrons. The van der Waals surface area contributed by atoms with E-state index < -0.39 is 0 Å². The molecule has 0 aliphatic carbocycles. The molecule has 0 radical (unpaired) electrons. The molecule has 0 N–H and O–H groups in total. The molecule has 0 saturated carbocycles. The minimum Gasteiger partial charge on any atom is -0.0617 e. The maximum absolute atomic E-state index is 2.31. The van der Waals surface area contributed by atoms with Crippen LogP contribution in [0.1, 0.15) is 50.7 Å². The molecular formula is C12H21Al. The van der Waals surface area contributed by atoms with E-state index in [4.69, 9.17) is 0 Å². The lowest BCUT2D eigenvalue weighted by atomic mass is 9.96. The van der Waals surface area contributed by atoms with Gasteiger partial charge in [0.15, 0.2) is 17.4 Å². The van der Waals surface area contributed by atoms with Crippen LogP contribution in [0.5, 0.6) is 0 Å². The van der Waals surface area contributed by atoms with Crippen LogP contribution in [0.3, 0.4) is 0 Å². The van der Waals surface area contributed by atoms with Crippen LogP contribution in [0.15, 0.2) is 24.3 Å². The van der Waals surface area contributed by atoms with Crippen molar-refractivity contribution in [2.45, 2.75) is 39.5 Å². The summed E-state index contributed by atoms with van der Waals surface area (Å²) in [6.45, 7) is 8.94. The summed E-state index contributed by atoms with van der Waals surface area (Å²) in [4.78, 5) is 0. The van der Waals surface area contributed by atoms with E-state index in [9.17, 15) is 0 Å². The topological polar surface area (TPSA) is 0 Å². The van der Waals surface area contributed by atoms with Crippen LogP contribution in [0.2, 0.25) is 0 Å². The molecule has 13 heavy (non-hydrogen) atoms. The van der Waals surface area contributed by atoms with E-state index in [0.717, 1.165) is 0 Å². The monoisotopic (exact) mass is 192 g/mol. The molecule has 0 aliphatic heterocycles. The summed E-state index contributed by atoms with van der Waals surface area (Å²) in [6.07, 6.45) is 0. The van der Waals surface area contributed by atoms with Gasteiger partial charge in [0.1, 0.15) is 0 Å². The van der Waals surface area contributed by atoms with Crippen LogP contribution in [-0.2, 0) is 0 Å². The molecule has 1 aromatic rings. The maximum Gasteiger partial charge on any atom is 0.187 e. The van der Waals surface area contributed by atoms with Gasteiger partial charge in [0.25, 0.3) is 0 Å². The first-order chi connectivity index (χ1) is 5.61. The fraction of sp³-hybridized carbons (Fsp3) is 0.500. The second-order valence-corrected chi connectivity index (χ2v) is 3.98. The van der Waals surface area contributed by atoms with E-state index in [2.05, 4.69) is 52.0 Å². The van der Waals surface area contributed by atoms with E-state index >= 15 is 0 Å². The predicted molar refractivity (Wildman–Crippen MR) is 64.6 cm³/mol. The van der Waals surface area contributed by atoms with E-state index in [-0.39, 0.29) is 17.4 Å². The van der Waals surface area contributed by atoms with E-state index in [1.807, 2.05) is 0 Å². The van der Waals surface area contributed by atoms with Crippen molar-refractivity contribution in [2.75, 3.05) is 0 Å². The molecule has 1 rings (SSSR count). The van der Waals surface area contributed by atoms with E-state index in [1.165, 1.54) is 11.1 Å². The third kappa shape index (κ3) is 3.55. The Morgan fingerprint density at radius 1 is 0.846 bits per heavy atom. The summed E-state index contributed by atoms with van der Waals surface area (Å²) in [5.41, 5.74) is 2.89. The van der Waals surface area contributed by atoms with Crippen LogP contribution in [-0.4, -0.2) is 17.4 Å². The average Bonchev–Trinajstić information content (AvgIpc) is 2.04. The van der Waals surface area contributed by atoms with Crippen molar-refractivity contribution in [3.8, 4) is 0 Å². The van der Waals surface area contributed by atoms with Crippen LogP contribution >= 0.6 is 0 Å². The molecule has 0 bridgehead atoms. The van der Waals surface area contributed by atoms with Crippen molar-refractivity contribution < 1.29 is 0 Å². The van der Waals surface area contributed by atoms with Gasteiger partial charge >= 0.3 is 0 Å². The van der Waals surface area contributed by atoms with Gasteiger partial charge in [0.2, 0.25) is 0 Å². The maximum atomic E-state index is 2.31. The Morgan fingerprint density at radius 3 is 1.54 bits per heavy atom. The molecule has 0 saturated heterocycles. The molecule has 0 atom stereocenters. The lowest BCUT2D eigenvalue weighted by Gasteiger charge is -2.09. The second kappa shape index (κ2) is 5.48. The number of hydrogen-bond donors (Lipinski definition) is 0. The first-order valence-corrected chi connectivity index (χ1v) is 4.71. The Hall–Kier alpha value is -0.248. The molecule has 0 nitrogen and oxygen atoms in total. The van der Waals surface area contributed by atoms with Crippen molar-refractivity contribution in [2.24, 2.45) is 0 Å². The average molecular weight is 192 g/mol. The van der Waals surface area contributed by atoms with Crippen LogP contribution < -0.4 is 0 Å². The third-order valence-electron chi connectivity index (χ3n) is 2.24. The molecule has 0 aliphatic rings. The van der Waals surface area contributed by atoms with E-state index in [1.54, 1.807) is 0 Å². The highest BCUT2D eigenvalue weighted by Gasteiger charge is 2.02. The smallest absolute Gasteiger partial charge is 0.0617 e. The largest absolute Gasteiger partial charge is 0.187 e. The highest BCUT2D eigenvalue weighted by Crippen LogP contribution is 2.20. The van der Waals surface area contributed by atoms with Gasteiger partial charge in [-0.15, -0.1) is 0 Å².